The zero-order chi connectivity index (χ0) is 30.9. The molecule has 0 radical (unpaired) electrons. The molecule has 0 atom stereocenters. The summed E-state index contributed by atoms with van der Waals surface area (Å²) in [6.07, 6.45) is 0. The molecule has 0 aliphatic heterocycles. The molecule has 1 aromatic heterocycles. The van der Waals surface area contributed by atoms with E-state index < -0.39 is 8.07 Å². The predicted molar refractivity (Wildman–Crippen MR) is 195 cm³/mol. The van der Waals surface area contributed by atoms with Crippen molar-refractivity contribution in [1.82, 2.24) is 4.57 Å². The molecule has 3 heteroatoms. The summed E-state index contributed by atoms with van der Waals surface area (Å²) in [6, 6.07) is 67.2. The van der Waals surface area contributed by atoms with Crippen LogP contribution in [0.3, 0.4) is 0 Å². The minimum atomic E-state index is -2.81. The van der Waals surface area contributed by atoms with Crippen LogP contribution in [-0.2, 0) is 0 Å². The number of nitrogens with zero attached hydrogens (tertiary/aromatic N) is 2. The second-order valence-corrected chi connectivity index (χ2v) is 15.4. The second kappa shape index (κ2) is 11.5. The van der Waals surface area contributed by atoms with Crippen LogP contribution in [0.4, 0.5) is 0 Å². The van der Waals surface area contributed by atoms with Gasteiger partial charge in [0.2, 0.25) is 0 Å². The highest BCUT2D eigenvalue weighted by atomic mass is 28.3. The zero-order valence-corrected chi connectivity index (χ0v) is 26.2. The molecular weight excluding hydrogens is 573 g/mol. The van der Waals surface area contributed by atoms with Crippen LogP contribution < -0.4 is 20.7 Å². The number of rotatable bonds is 6. The van der Waals surface area contributed by atoms with Gasteiger partial charge in [0, 0.05) is 16.5 Å². The van der Waals surface area contributed by atoms with E-state index in [9.17, 15) is 5.26 Å². The van der Waals surface area contributed by atoms with Crippen LogP contribution in [0.15, 0.2) is 182 Å². The number of benzene rings is 7. The van der Waals surface area contributed by atoms with Gasteiger partial charge in [0.1, 0.15) is 0 Å². The minimum absolute atomic E-state index is 0.715. The molecule has 0 saturated heterocycles. The Kier molecular flexibility index (Phi) is 6.91. The van der Waals surface area contributed by atoms with Gasteiger partial charge in [-0.3, -0.25) is 0 Å². The van der Waals surface area contributed by atoms with Crippen LogP contribution in [-0.4, -0.2) is 12.6 Å². The number of fused-ring (bicyclic) bond motifs is 3. The minimum Gasteiger partial charge on any atom is -0.309 e. The van der Waals surface area contributed by atoms with Crippen LogP contribution in [0.25, 0.3) is 38.6 Å². The van der Waals surface area contributed by atoms with Crippen molar-refractivity contribution in [2.75, 3.05) is 0 Å². The fraction of sp³-hybridized carbons (Fsp3) is 0. The van der Waals surface area contributed by atoms with Crippen molar-refractivity contribution >= 4 is 50.6 Å². The van der Waals surface area contributed by atoms with Crippen LogP contribution in [0.5, 0.6) is 0 Å². The number of hydrogen-bond donors (Lipinski definition) is 0. The average molecular weight is 603 g/mol. The molecule has 46 heavy (non-hydrogen) atoms. The summed E-state index contributed by atoms with van der Waals surface area (Å²) < 4.78 is 2.33. The molecule has 0 fully saturated rings. The summed E-state index contributed by atoms with van der Waals surface area (Å²) in [7, 11) is -2.81. The monoisotopic (exact) mass is 602 g/mol. The normalized spacial score (nSPS) is 11.5. The standard InChI is InChI=1S/C43H30N2Si/c44-31-34-30-33(32-24-27-35(28-25-32)45-41-22-12-10-20-39(41)40-21-11-13-23-42(40)45)26-29-43(34)46(36-14-4-1-5-15-36,37-16-6-2-7-17-37)38-18-8-3-9-19-38/h1-30H. The first-order valence-electron chi connectivity index (χ1n) is 15.6. The zero-order valence-electron chi connectivity index (χ0n) is 25.2. The molecular formula is C43H30N2Si. The van der Waals surface area contributed by atoms with Gasteiger partial charge in [0.15, 0.2) is 8.07 Å². The van der Waals surface area contributed by atoms with Gasteiger partial charge in [-0.2, -0.15) is 5.26 Å². The molecule has 0 bridgehead atoms. The molecule has 7 aromatic carbocycles. The summed E-state index contributed by atoms with van der Waals surface area (Å²) >= 11 is 0. The summed E-state index contributed by atoms with van der Waals surface area (Å²) in [5.41, 5.74) is 6.33. The van der Waals surface area contributed by atoms with Crippen molar-refractivity contribution in [3.8, 4) is 22.9 Å². The van der Waals surface area contributed by atoms with E-state index >= 15 is 0 Å². The molecule has 0 aliphatic rings. The predicted octanol–water partition coefficient (Wildman–Crippen LogP) is 7.70. The Morgan fingerprint density at radius 2 is 0.870 bits per heavy atom. The molecule has 8 aromatic rings. The maximum atomic E-state index is 10.7. The Labute approximate surface area is 270 Å². The summed E-state index contributed by atoms with van der Waals surface area (Å²) in [6.45, 7) is 0. The molecule has 0 unspecified atom stereocenters. The van der Waals surface area contributed by atoms with Crippen molar-refractivity contribution in [2.45, 2.75) is 0 Å². The van der Waals surface area contributed by atoms with E-state index in [1.54, 1.807) is 0 Å². The van der Waals surface area contributed by atoms with Gasteiger partial charge in [-0.05, 0) is 62.2 Å². The third-order valence-corrected chi connectivity index (χ3v) is 14.0. The van der Waals surface area contributed by atoms with E-state index in [1.165, 1.54) is 37.4 Å². The fourth-order valence-electron chi connectivity index (χ4n) is 7.18. The second-order valence-electron chi connectivity index (χ2n) is 11.6. The highest BCUT2D eigenvalue weighted by molar-refractivity contribution is 7.20. The van der Waals surface area contributed by atoms with Crippen molar-refractivity contribution in [2.24, 2.45) is 0 Å². The highest BCUT2D eigenvalue weighted by Crippen LogP contribution is 2.32. The van der Waals surface area contributed by atoms with Crippen LogP contribution >= 0.6 is 0 Å². The van der Waals surface area contributed by atoms with E-state index in [0.29, 0.717) is 5.56 Å². The lowest BCUT2D eigenvalue weighted by atomic mass is 10.0. The fourth-order valence-corrected chi connectivity index (χ4v) is 12.1. The SMILES string of the molecule is N#Cc1cc(-c2ccc(-n3c4ccccc4c4ccccc43)cc2)ccc1[Si](c1ccccc1)(c1ccccc1)c1ccccc1. The summed E-state index contributed by atoms with van der Waals surface area (Å²) in [5.74, 6) is 0. The van der Waals surface area contributed by atoms with E-state index in [2.05, 4.69) is 193 Å². The Hall–Kier alpha value is -5.95. The molecule has 0 N–H and O–H groups in total. The molecule has 1 heterocycles. The first-order valence-corrected chi connectivity index (χ1v) is 17.6. The van der Waals surface area contributed by atoms with Crippen molar-refractivity contribution in [1.29, 1.82) is 5.26 Å². The Morgan fingerprint density at radius 3 is 1.35 bits per heavy atom. The van der Waals surface area contributed by atoms with E-state index in [1.807, 2.05) is 0 Å². The third-order valence-electron chi connectivity index (χ3n) is 9.20. The Balaban J connectivity index is 1.28. The number of para-hydroxylation sites is 2. The topological polar surface area (TPSA) is 28.7 Å². The van der Waals surface area contributed by atoms with Gasteiger partial charge in [-0.25, -0.2) is 0 Å². The molecule has 0 amide bonds. The van der Waals surface area contributed by atoms with Crippen LogP contribution in [0.2, 0.25) is 0 Å². The first-order chi connectivity index (χ1) is 22.8. The van der Waals surface area contributed by atoms with Gasteiger partial charge in [-0.1, -0.05) is 152 Å². The third kappa shape index (κ3) is 4.39. The van der Waals surface area contributed by atoms with Gasteiger partial charge in [0.05, 0.1) is 22.7 Å². The van der Waals surface area contributed by atoms with Crippen molar-refractivity contribution < 1.29 is 0 Å². The number of hydrogen-bond acceptors (Lipinski definition) is 1. The lowest BCUT2D eigenvalue weighted by Gasteiger charge is -2.35. The van der Waals surface area contributed by atoms with Gasteiger partial charge in [-0.15, -0.1) is 0 Å². The maximum absolute atomic E-state index is 10.7. The van der Waals surface area contributed by atoms with Crippen molar-refractivity contribution in [3.63, 3.8) is 0 Å². The van der Waals surface area contributed by atoms with Crippen molar-refractivity contribution in [3.05, 3.63) is 188 Å². The van der Waals surface area contributed by atoms with E-state index in [4.69, 9.17) is 0 Å². The highest BCUT2D eigenvalue weighted by Gasteiger charge is 2.42. The van der Waals surface area contributed by atoms with Gasteiger partial charge < -0.3 is 4.57 Å². The van der Waals surface area contributed by atoms with Crippen LogP contribution in [0, 0.1) is 11.3 Å². The Bertz CT molecular complexity index is 2200. The van der Waals surface area contributed by atoms with E-state index in [-0.39, 0.29) is 0 Å². The number of aromatic nitrogens is 1. The maximum Gasteiger partial charge on any atom is 0.180 e. The Morgan fingerprint density at radius 1 is 0.435 bits per heavy atom. The van der Waals surface area contributed by atoms with Gasteiger partial charge in [0.25, 0.3) is 0 Å². The van der Waals surface area contributed by atoms with Crippen LogP contribution in [0.1, 0.15) is 5.56 Å². The molecule has 8 rings (SSSR count). The molecule has 0 spiro atoms. The summed E-state index contributed by atoms with van der Waals surface area (Å²) in [4.78, 5) is 0. The average Bonchev–Trinajstić information content (AvgIpc) is 3.48. The molecule has 216 valence electrons. The molecule has 2 nitrogen and oxygen atoms in total. The quantitative estimate of drug-likeness (QED) is 0.142. The smallest absolute Gasteiger partial charge is 0.180 e. The lowest BCUT2D eigenvalue weighted by Crippen LogP contribution is -2.75. The first kappa shape index (κ1) is 27.6. The molecule has 0 aliphatic carbocycles. The van der Waals surface area contributed by atoms with Gasteiger partial charge >= 0.3 is 0 Å². The largest absolute Gasteiger partial charge is 0.309 e. The van der Waals surface area contributed by atoms with E-state index in [0.717, 1.165) is 22.0 Å². The lowest BCUT2D eigenvalue weighted by molar-refractivity contribution is 1.18. The number of nitriles is 1. The molecule has 0 saturated carbocycles. The summed E-state index contributed by atoms with van der Waals surface area (Å²) in [5, 5.41) is 18.1.